The molecule has 0 saturated carbocycles. The number of aldehydes is 1. The molecule has 0 aromatic heterocycles. The number of urea groups is 1. The third-order valence-corrected chi connectivity index (χ3v) is 8.76. The third-order valence-electron chi connectivity index (χ3n) is 8.76. The molecular formula is C38H60N6O7. The highest BCUT2D eigenvalue weighted by Gasteiger charge is 2.39. The Balaban J connectivity index is 0.000000683. The molecule has 1 aliphatic rings. The van der Waals surface area contributed by atoms with Gasteiger partial charge in [0.2, 0.25) is 18.1 Å². The van der Waals surface area contributed by atoms with Crippen molar-refractivity contribution in [1.82, 2.24) is 31.1 Å². The first-order chi connectivity index (χ1) is 23.8. The summed E-state index contributed by atoms with van der Waals surface area (Å²) in [5.41, 5.74) is -0.203. The van der Waals surface area contributed by atoms with Crippen molar-refractivity contribution in [3.63, 3.8) is 0 Å². The van der Waals surface area contributed by atoms with Gasteiger partial charge < -0.3 is 31.1 Å². The van der Waals surface area contributed by atoms with Crippen LogP contribution >= 0.6 is 0 Å². The highest BCUT2D eigenvalue weighted by Crippen LogP contribution is 2.26. The number of hydrogen-bond acceptors (Lipinski definition) is 7. The quantitative estimate of drug-likeness (QED) is 0.114. The van der Waals surface area contributed by atoms with Crippen LogP contribution in [0.2, 0.25) is 0 Å². The summed E-state index contributed by atoms with van der Waals surface area (Å²) < 4.78 is 0. The second-order valence-corrected chi connectivity index (χ2v) is 15.1. The molecule has 13 heteroatoms. The molecule has 4 N–H and O–H groups in total. The molecule has 284 valence electrons. The van der Waals surface area contributed by atoms with Gasteiger partial charge in [-0.25, -0.2) is 4.79 Å². The Labute approximate surface area is 303 Å². The number of nitrogens with zero attached hydrogens (tertiary/aromatic N) is 2. The van der Waals surface area contributed by atoms with Crippen molar-refractivity contribution in [2.45, 2.75) is 112 Å². The fourth-order valence-corrected chi connectivity index (χ4v) is 5.49. The molecule has 51 heavy (non-hydrogen) atoms. The second-order valence-electron chi connectivity index (χ2n) is 15.1. The number of carbonyl (C=O) groups excluding carboxylic acids is 7. The normalized spacial score (nSPS) is 15.9. The molecule has 1 aromatic rings. The van der Waals surface area contributed by atoms with Gasteiger partial charge in [-0.2, -0.15) is 0 Å². The largest absolute Gasteiger partial charge is 0.348 e. The lowest BCUT2D eigenvalue weighted by molar-refractivity contribution is -0.139. The SMILES string of the molecule is C=CCNC(=O)C(=O)C(CCCC)NC=O.CC1CCCN1C(=O)C(NC(=O)NC(CN(C)C(=O)c1ccccc1C=O)C(C)(C)C)C(C)(C)C. The number of hydrogen-bond donors (Lipinski definition) is 4. The average molecular weight is 713 g/mol. The van der Waals surface area contributed by atoms with E-state index in [0.29, 0.717) is 36.8 Å². The maximum Gasteiger partial charge on any atom is 0.315 e. The highest BCUT2D eigenvalue weighted by molar-refractivity contribution is 6.38. The zero-order valence-electron chi connectivity index (χ0n) is 32.0. The van der Waals surface area contributed by atoms with Crippen molar-refractivity contribution in [2.75, 3.05) is 26.7 Å². The maximum atomic E-state index is 13.3. The maximum absolute atomic E-state index is 13.3. The fraction of sp³-hybridized carbons (Fsp3) is 0.605. The van der Waals surface area contributed by atoms with Crippen molar-refractivity contribution in [3.8, 4) is 0 Å². The van der Waals surface area contributed by atoms with E-state index in [1.54, 1.807) is 31.3 Å². The van der Waals surface area contributed by atoms with Gasteiger partial charge in [0.15, 0.2) is 6.29 Å². The van der Waals surface area contributed by atoms with Crippen LogP contribution in [0.5, 0.6) is 0 Å². The summed E-state index contributed by atoms with van der Waals surface area (Å²) >= 11 is 0. The van der Waals surface area contributed by atoms with Crippen LogP contribution in [0.25, 0.3) is 0 Å². The van der Waals surface area contributed by atoms with E-state index in [1.807, 2.05) is 60.3 Å². The summed E-state index contributed by atoms with van der Waals surface area (Å²) in [5.74, 6) is -1.66. The number of likely N-dealkylation sites (N-methyl/N-ethyl adjacent to an activating group) is 1. The van der Waals surface area contributed by atoms with Crippen LogP contribution in [0.1, 0.15) is 108 Å². The molecule has 0 radical (unpaired) electrons. The monoisotopic (exact) mass is 712 g/mol. The lowest BCUT2D eigenvalue weighted by Gasteiger charge is -2.37. The number of unbranched alkanes of at least 4 members (excludes halogenated alkanes) is 1. The molecule has 0 spiro atoms. The summed E-state index contributed by atoms with van der Waals surface area (Å²) in [6, 6.07) is 4.56. The molecule has 1 saturated heterocycles. The third kappa shape index (κ3) is 14.3. The first-order valence-corrected chi connectivity index (χ1v) is 17.6. The molecule has 1 fully saturated rings. The van der Waals surface area contributed by atoms with Gasteiger partial charge in [0.1, 0.15) is 6.04 Å². The zero-order valence-corrected chi connectivity index (χ0v) is 32.0. The molecule has 4 unspecified atom stereocenters. The first kappa shape index (κ1) is 44.5. The molecule has 0 bridgehead atoms. The number of carbonyl (C=O) groups is 7. The number of likely N-dealkylation sites (tertiary alicyclic amines) is 1. The van der Waals surface area contributed by atoms with Crippen LogP contribution in [0, 0.1) is 10.8 Å². The first-order valence-electron chi connectivity index (χ1n) is 17.6. The van der Waals surface area contributed by atoms with Crippen molar-refractivity contribution < 1.29 is 33.6 Å². The predicted molar refractivity (Wildman–Crippen MR) is 198 cm³/mol. The minimum Gasteiger partial charge on any atom is -0.348 e. The van der Waals surface area contributed by atoms with Crippen molar-refractivity contribution in [1.29, 1.82) is 0 Å². The van der Waals surface area contributed by atoms with E-state index in [9.17, 15) is 33.6 Å². The van der Waals surface area contributed by atoms with E-state index in [4.69, 9.17) is 0 Å². The van der Waals surface area contributed by atoms with Crippen molar-refractivity contribution in [2.24, 2.45) is 10.8 Å². The number of nitrogens with one attached hydrogen (secondary N) is 4. The number of benzene rings is 1. The van der Waals surface area contributed by atoms with Gasteiger partial charge >= 0.3 is 6.03 Å². The second kappa shape index (κ2) is 21.0. The molecule has 2 rings (SSSR count). The van der Waals surface area contributed by atoms with Crippen molar-refractivity contribution >= 4 is 42.2 Å². The van der Waals surface area contributed by atoms with Crippen LogP contribution in [0.15, 0.2) is 36.9 Å². The van der Waals surface area contributed by atoms with Gasteiger partial charge in [0.05, 0.1) is 17.6 Å². The minimum absolute atomic E-state index is 0.0669. The highest BCUT2D eigenvalue weighted by atomic mass is 16.2. The zero-order chi connectivity index (χ0) is 38.9. The molecule has 1 aromatic carbocycles. The summed E-state index contributed by atoms with van der Waals surface area (Å²) in [6.07, 6.45) is 6.70. The lowest BCUT2D eigenvalue weighted by Crippen LogP contribution is -2.60. The van der Waals surface area contributed by atoms with E-state index in [1.165, 1.54) is 11.0 Å². The van der Waals surface area contributed by atoms with Gasteiger partial charge in [-0.3, -0.25) is 28.8 Å². The number of Topliss-reactive ketones (excluding diaryl/α,β-unsaturated/α-hetero) is 1. The predicted octanol–water partition coefficient (Wildman–Crippen LogP) is 3.87. The van der Waals surface area contributed by atoms with Crippen molar-refractivity contribution in [3.05, 3.63) is 48.0 Å². The van der Waals surface area contributed by atoms with E-state index >= 15 is 0 Å². The van der Waals surface area contributed by atoms with Gasteiger partial charge in [0.25, 0.3) is 11.8 Å². The molecule has 1 heterocycles. The minimum atomic E-state index is -0.720. The van der Waals surface area contributed by atoms with E-state index in [2.05, 4.69) is 27.8 Å². The Bertz CT molecular complexity index is 1370. The summed E-state index contributed by atoms with van der Waals surface area (Å²) in [7, 11) is 1.65. The van der Waals surface area contributed by atoms with Crippen LogP contribution in [0.3, 0.4) is 0 Å². The Morgan fingerprint density at radius 3 is 2.18 bits per heavy atom. The van der Waals surface area contributed by atoms with Gasteiger partial charge in [-0.1, -0.05) is 85.6 Å². The van der Waals surface area contributed by atoms with Crippen LogP contribution in [0.4, 0.5) is 4.79 Å². The van der Waals surface area contributed by atoms with Crippen LogP contribution in [-0.2, 0) is 19.2 Å². The van der Waals surface area contributed by atoms with Crippen LogP contribution in [-0.4, -0.2) is 103 Å². The van der Waals surface area contributed by atoms with Gasteiger partial charge in [-0.15, -0.1) is 6.58 Å². The molecule has 13 nitrogen and oxygen atoms in total. The number of amides is 6. The number of ketones is 1. The van der Waals surface area contributed by atoms with Gasteiger partial charge in [-0.05, 0) is 43.1 Å². The number of rotatable bonds is 16. The lowest BCUT2D eigenvalue weighted by atomic mass is 9.85. The molecule has 0 aliphatic carbocycles. The molecule has 4 atom stereocenters. The Morgan fingerprint density at radius 2 is 1.67 bits per heavy atom. The van der Waals surface area contributed by atoms with E-state index < -0.39 is 41.3 Å². The van der Waals surface area contributed by atoms with Gasteiger partial charge in [0, 0.05) is 38.3 Å². The molecule has 1 aliphatic heterocycles. The Morgan fingerprint density at radius 1 is 1.02 bits per heavy atom. The van der Waals surface area contributed by atoms with E-state index in [0.717, 1.165) is 25.7 Å². The Hall–Kier alpha value is -4.55. The topological polar surface area (TPSA) is 174 Å². The summed E-state index contributed by atoms with van der Waals surface area (Å²) in [6.45, 7) is 20.4. The smallest absolute Gasteiger partial charge is 0.315 e. The summed E-state index contributed by atoms with van der Waals surface area (Å²) in [5, 5.41) is 10.7. The Kier molecular flexibility index (Phi) is 18.3. The average Bonchev–Trinajstić information content (AvgIpc) is 3.51. The summed E-state index contributed by atoms with van der Waals surface area (Å²) in [4.78, 5) is 87.4. The standard InChI is InChI=1S/C27H42N4O4.C11H18N2O3/c1-18-12-11-15-31(18)24(34)22(27(5,6)7)29-25(35)28-21(26(2,3)4)16-30(8)23(33)20-14-10-9-13-19(20)17-32;1-3-5-6-9(13-8-14)10(15)11(16)12-7-4-2/h9-10,13-14,17-18,21-22H,11-12,15-16H2,1-8H3,(H2,28,29,35);4,8-9H,2-3,5-7H2,1H3,(H,12,16)(H,13,14). The van der Waals surface area contributed by atoms with Crippen LogP contribution < -0.4 is 21.3 Å². The fourth-order valence-electron chi connectivity index (χ4n) is 5.49. The molecular weight excluding hydrogens is 652 g/mol. The van der Waals surface area contributed by atoms with E-state index in [-0.39, 0.29) is 36.4 Å². The molecule has 6 amide bonds.